The molecule has 0 saturated heterocycles. The van der Waals surface area contributed by atoms with Crippen LogP contribution >= 0.6 is 0 Å². The predicted molar refractivity (Wildman–Crippen MR) is 64.3 cm³/mol. The van der Waals surface area contributed by atoms with Gasteiger partial charge in [0, 0.05) is 0 Å². The van der Waals surface area contributed by atoms with E-state index >= 15 is 0 Å². The van der Waals surface area contributed by atoms with Gasteiger partial charge in [0.2, 0.25) is 0 Å². The van der Waals surface area contributed by atoms with Gasteiger partial charge in [-0.15, -0.1) is 0 Å². The Kier molecular flexibility index (Phi) is 3.88. The Morgan fingerprint density at radius 1 is 1.00 bits per heavy atom. The zero-order valence-electron chi connectivity index (χ0n) is 10.2. The Bertz CT molecular complexity index is 235. The standard InChI is InChI=1S/C14H24O2/c15-13(16)14(11-12-7-6-8-12)9-4-2-1-3-5-10-14/h12H,1-11H2,(H,15,16). The molecular formula is C14H24O2. The predicted octanol–water partition coefficient (Wildman–Crippen LogP) is 3.99. The van der Waals surface area contributed by atoms with Crippen LogP contribution in [0.4, 0.5) is 0 Å². The maximum Gasteiger partial charge on any atom is 0.309 e. The third-order valence-corrected chi connectivity index (χ3v) is 4.67. The van der Waals surface area contributed by atoms with Gasteiger partial charge in [0.25, 0.3) is 0 Å². The zero-order valence-corrected chi connectivity index (χ0v) is 10.2. The molecule has 0 atom stereocenters. The van der Waals surface area contributed by atoms with Crippen LogP contribution < -0.4 is 0 Å². The summed E-state index contributed by atoms with van der Waals surface area (Å²) in [6, 6.07) is 0. The molecule has 0 heterocycles. The van der Waals surface area contributed by atoms with Gasteiger partial charge in [0.1, 0.15) is 0 Å². The molecule has 2 aliphatic rings. The molecule has 0 aromatic rings. The van der Waals surface area contributed by atoms with Crippen LogP contribution in [0.1, 0.15) is 70.6 Å². The van der Waals surface area contributed by atoms with Crippen LogP contribution in [-0.2, 0) is 4.79 Å². The van der Waals surface area contributed by atoms with Crippen molar-refractivity contribution in [3.63, 3.8) is 0 Å². The van der Waals surface area contributed by atoms with Crippen LogP contribution in [0.5, 0.6) is 0 Å². The number of carboxylic acids is 1. The molecule has 92 valence electrons. The van der Waals surface area contributed by atoms with Gasteiger partial charge in [-0.1, -0.05) is 51.4 Å². The van der Waals surface area contributed by atoms with E-state index in [1.54, 1.807) is 0 Å². The highest BCUT2D eigenvalue weighted by atomic mass is 16.4. The molecule has 2 rings (SSSR count). The fourth-order valence-electron chi connectivity index (χ4n) is 3.34. The quantitative estimate of drug-likeness (QED) is 0.787. The SMILES string of the molecule is O=C(O)C1(CC2CCC2)CCCCCCC1. The second-order valence-electron chi connectivity index (χ2n) is 5.85. The van der Waals surface area contributed by atoms with Crippen molar-refractivity contribution in [1.29, 1.82) is 0 Å². The second kappa shape index (κ2) is 5.20. The summed E-state index contributed by atoms with van der Waals surface area (Å²) in [5.41, 5.74) is -0.356. The normalized spacial score (nSPS) is 26.5. The van der Waals surface area contributed by atoms with Gasteiger partial charge < -0.3 is 5.11 Å². The topological polar surface area (TPSA) is 37.3 Å². The third-order valence-electron chi connectivity index (χ3n) is 4.67. The van der Waals surface area contributed by atoms with Crippen LogP contribution in [0.3, 0.4) is 0 Å². The Balaban J connectivity index is 2.01. The van der Waals surface area contributed by atoms with Crippen molar-refractivity contribution in [2.75, 3.05) is 0 Å². The minimum Gasteiger partial charge on any atom is -0.481 e. The Labute approximate surface area is 98.4 Å². The summed E-state index contributed by atoms with van der Waals surface area (Å²) in [5, 5.41) is 9.57. The van der Waals surface area contributed by atoms with Crippen molar-refractivity contribution >= 4 is 5.97 Å². The van der Waals surface area contributed by atoms with E-state index in [1.165, 1.54) is 38.5 Å². The van der Waals surface area contributed by atoms with Gasteiger partial charge in [0.15, 0.2) is 0 Å². The molecule has 0 amide bonds. The highest BCUT2D eigenvalue weighted by Crippen LogP contribution is 2.44. The van der Waals surface area contributed by atoms with E-state index in [2.05, 4.69) is 0 Å². The summed E-state index contributed by atoms with van der Waals surface area (Å²) in [7, 11) is 0. The molecule has 0 spiro atoms. The van der Waals surface area contributed by atoms with E-state index in [-0.39, 0.29) is 5.41 Å². The lowest BCUT2D eigenvalue weighted by atomic mass is 9.66. The van der Waals surface area contributed by atoms with Gasteiger partial charge >= 0.3 is 5.97 Å². The molecule has 0 aromatic carbocycles. The van der Waals surface area contributed by atoms with E-state index in [1.807, 2.05) is 0 Å². The number of carboxylic acid groups (broad SMARTS) is 1. The van der Waals surface area contributed by atoms with Crippen molar-refractivity contribution < 1.29 is 9.90 Å². The summed E-state index contributed by atoms with van der Waals surface area (Å²) in [4.78, 5) is 11.6. The van der Waals surface area contributed by atoms with E-state index in [0.717, 1.165) is 38.0 Å². The molecule has 2 fully saturated rings. The maximum absolute atomic E-state index is 11.6. The molecule has 1 N–H and O–H groups in total. The molecule has 2 aliphatic carbocycles. The van der Waals surface area contributed by atoms with Gasteiger partial charge in [-0.2, -0.15) is 0 Å². The van der Waals surface area contributed by atoms with Gasteiger partial charge in [-0.05, 0) is 25.2 Å². The summed E-state index contributed by atoms with van der Waals surface area (Å²) in [5.74, 6) is 0.205. The largest absolute Gasteiger partial charge is 0.481 e. The minimum absolute atomic E-state index is 0.356. The number of hydrogen-bond acceptors (Lipinski definition) is 1. The fraction of sp³-hybridized carbons (Fsp3) is 0.929. The van der Waals surface area contributed by atoms with Crippen LogP contribution in [0, 0.1) is 11.3 Å². The smallest absolute Gasteiger partial charge is 0.309 e. The Hall–Kier alpha value is -0.530. The lowest BCUT2D eigenvalue weighted by Gasteiger charge is -2.37. The summed E-state index contributed by atoms with van der Waals surface area (Å²) in [6.07, 6.45) is 12.7. The van der Waals surface area contributed by atoms with Crippen molar-refractivity contribution in [2.24, 2.45) is 11.3 Å². The average molecular weight is 224 g/mol. The number of aliphatic carboxylic acids is 1. The van der Waals surface area contributed by atoms with Crippen LogP contribution in [0.2, 0.25) is 0 Å². The van der Waals surface area contributed by atoms with E-state index < -0.39 is 5.97 Å². The summed E-state index contributed by atoms with van der Waals surface area (Å²) in [6.45, 7) is 0. The van der Waals surface area contributed by atoms with E-state index in [0.29, 0.717) is 0 Å². The van der Waals surface area contributed by atoms with Crippen molar-refractivity contribution in [2.45, 2.75) is 70.6 Å². The fourth-order valence-corrected chi connectivity index (χ4v) is 3.34. The van der Waals surface area contributed by atoms with Gasteiger partial charge in [-0.3, -0.25) is 4.79 Å². The molecule has 2 nitrogen and oxygen atoms in total. The number of carbonyl (C=O) groups is 1. The molecule has 0 bridgehead atoms. The summed E-state index contributed by atoms with van der Waals surface area (Å²) >= 11 is 0. The first-order chi connectivity index (χ1) is 7.73. The Morgan fingerprint density at radius 3 is 2.00 bits per heavy atom. The van der Waals surface area contributed by atoms with Crippen molar-refractivity contribution in [3.05, 3.63) is 0 Å². The highest BCUT2D eigenvalue weighted by Gasteiger charge is 2.40. The molecule has 2 heteroatoms. The van der Waals surface area contributed by atoms with Crippen LogP contribution in [0.15, 0.2) is 0 Å². The zero-order chi connectivity index (χ0) is 11.4. The maximum atomic E-state index is 11.6. The third kappa shape index (κ3) is 2.58. The first kappa shape index (κ1) is 11.9. The van der Waals surface area contributed by atoms with Crippen LogP contribution in [-0.4, -0.2) is 11.1 Å². The molecule has 0 aliphatic heterocycles. The molecule has 0 unspecified atom stereocenters. The first-order valence-electron chi connectivity index (χ1n) is 6.96. The van der Waals surface area contributed by atoms with Crippen molar-refractivity contribution in [3.8, 4) is 0 Å². The molecule has 16 heavy (non-hydrogen) atoms. The number of rotatable bonds is 3. The first-order valence-corrected chi connectivity index (χ1v) is 6.96. The van der Waals surface area contributed by atoms with E-state index in [4.69, 9.17) is 0 Å². The Morgan fingerprint density at radius 2 is 1.56 bits per heavy atom. The molecular weight excluding hydrogens is 200 g/mol. The average Bonchev–Trinajstić information content (AvgIpc) is 2.13. The van der Waals surface area contributed by atoms with Gasteiger partial charge in [-0.25, -0.2) is 0 Å². The van der Waals surface area contributed by atoms with Gasteiger partial charge in [0.05, 0.1) is 5.41 Å². The number of hydrogen-bond donors (Lipinski definition) is 1. The second-order valence-corrected chi connectivity index (χ2v) is 5.85. The minimum atomic E-state index is -0.513. The lowest BCUT2D eigenvalue weighted by Crippen LogP contribution is -2.35. The molecule has 0 aromatic heterocycles. The highest BCUT2D eigenvalue weighted by molar-refractivity contribution is 5.74. The monoisotopic (exact) mass is 224 g/mol. The van der Waals surface area contributed by atoms with Crippen molar-refractivity contribution in [1.82, 2.24) is 0 Å². The molecule has 2 saturated carbocycles. The molecule has 0 radical (unpaired) electrons. The van der Waals surface area contributed by atoms with Crippen LogP contribution in [0.25, 0.3) is 0 Å². The summed E-state index contributed by atoms with van der Waals surface area (Å²) < 4.78 is 0. The van der Waals surface area contributed by atoms with E-state index in [9.17, 15) is 9.90 Å². The lowest BCUT2D eigenvalue weighted by molar-refractivity contribution is -0.152.